The molecule has 0 aliphatic rings. The largest absolute Gasteiger partial charge is 0.481 e. The highest BCUT2D eigenvalue weighted by Gasteiger charge is 2.36. The van der Waals surface area contributed by atoms with Crippen LogP contribution in [0.25, 0.3) is 0 Å². The Labute approximate surface area is 152 Å². The van der Waals surface area contributed by atoms with E-state index in [4.69, 9.17) is 5.11 Å². The molecule has 0 radical (unpaired) electrons. The molecule has 1 N–H and O–H groups in total. The summed E-state index contributed by atoms with van der Waals surface area (Å²) in [5.41, 5.74) is 3.47. The zero-order valence-electron chi connectivity index (χ0n) is 13.8. The average Bonchev–Trinajstić information content (AvgIpc) is 2.67. The molecule has 126 valence electrons. The van der Waals surface area contributed by atoms with Gasteiger partial charge >= 0.3 is 5.97 Å². The van der Waals surface area contributed by atoms with E-state index in [-0.39, 0.29) is 6.42 Å². The van der Waals surface area contributed by atoms with E-state index in [1.165, 1.54) is 0 Å². The lowest BCUT2D eigenvalue weighted by molar-refractivity contribution is -0.136. The Balaban J connectivity index is 2.18. The number of thioether (sulfide) groups is 1. The van der Waals surface area contributed by atoms with Gasteiger partial charge in [0.1, 0.15) is 0 Å². The van der Waals surface area contributed by atoms with Crippen LogP contribution in [0.5, 0.6) is 0 Å². The van der Waals surface area contributed by atoms with E-state index in [0.29, 0.717) is 5.75 Å². The molecule has 3 aromatic carbocycles. The number of aliphatic carboxylic acids is 1. The first kappa shape index (κ1) is 17.3. The van der Waals surface area contributed by atoms with E-state index < -0.39 is 10.7 Å². The Morgan fingerprint density at radius 2 is 1.08 bits per heavy atom. The molecule has 0 fully saturated rings. The van der Waals surface area contributed by atoms with E-state index in [2.05, 4.69) is 36.4 Å². The number of rotatable bonds is 7. The quantitative estimate of drug-likeness (QED) is 0.597. The third-order valence-electron chi connectivity index (χ3n) is 4.18. The van der Waals surface area contributed by atoms with Crippen molar-refractivity contribution in [2.75, 3.05) is 5.75 Å². The zero-order chi connectivity index (χ0) is 17.5. The normalized spacial score (nSPS) is 11.2. The SMILES string of the molecule is O=C(O)CCSC(c1ccccc1)(c1ccccc1)c1ccccc1. The van der Waals surface area contributed by atoms with Crippen LogP contribution in [-0.2, 0) is 9.54 Å². The highest BCUT2D eigenvalue weighted by Crippen LogP contribution is 2.48. The van der Waals surface area contributed by atoms with Gasteiger partial charge in [0.2, 0.25) is 0 Å². The molecule has 0 bridgehead atoms. The smallest absolute Gasteiger partial charge is 0.304 e. The van der Waals surface area contributed by atoms with Crippen LogP contribution in [0.3, 0.4) is 0 Å². The Bertz CT molecular complexity index is 705. The van der Waals surface area contributed by atoms with Crippen molar-refractivity contribution in [3.05, 3.63) is 108 Å². The molecule has 0 saturated carbocycles. The van der Waals surface area contributed by atoms with E-state index >= 15 is 0 Å². The molecule has 0 saturated heterocycles. The number of hydrogen-bond acceptors (Lipinski definition) is 2. The van der Waals surface area contributed by atoms with Gasteiger partial charge in [-0.05, 0) is 16.7 Å². The average molecular weight is 348 g/mol. The van der Waals surface area contributed by atoms with Gasteiger partial charge in [-0.3, -0.25) is 4.79 Å². The molecule has 0 heterocycles. The molecule has 0 aliphatic carbocycles. The van der Waals surface area contributed by atoms with E-state index in [1.807, 2.05) is 54.6 Å². The molecule has 0 unspecified atom stereocenters. The molecular weight excluding hydrogens is 328 g/mol. The van der Waals surface area contributed by atoms with E-state index in [9.17, 15) is 4.79 Å². The lowest BCUT2D eigenvalue weighted by atomic mass is 9.84. The van der Waals surface area contributed by atoms with Gasteiger partial charge in [0.05, 0.1) is 11.2 Å². The van der Waals surface area contributed by atoms with Crippen molar-refractivity contribution in [2.24, 2.45) is 0 Å². The molecule has 0 spiro atoms. The van der Waals surface area contributed by atoms with Crippen molar-refractivity contribution < 1.29 is 9.90 Å². The first-order valence-corrected chi connectivity index (χ1v) is 9.24. The van der Waals surface area contributed by atoms with Gasteiger partial charge in [0.15, 0.2) is 0 Å². The topological polar surface area (TPSA) is 37.3 Å². The molecule has 0 aliphatic heterocycles. The maximum Gasteiger partial charge on any atom is 0.304 e. The molecule has 3 aromatic rings. The van der Waals surface area contributed by atoms with Gasteiger partial charge in [-0.15, -0.1) is 11.8 Å². The van der Waals surface area contributed by atoms with Crippen molar-refractivity contribution in [1.29, 1.82) is 0 Å². The predicted molar refractivity (Wildman–Crippen MR) is 104 cm³/mol. The third kappa shape index (κ3) is 3.77. The van der Waals surface area contributed by atoms with Crippen LogP contribution >= 0.6 is 11.8 Å². The Kier molecular flexibility index (Phi) is 5.56. The second-order valence-electron chi connectivity index (χ2n) is 5.77. The fraction of sp³-hybridized carbons (Fsp3) is 0.136. The molecule has 0 amide bonds. The Morgan fingerprint density at radius 1 is 0.720 bits per heavy atom. The summed E-state index contributed by atoms with van der Waals surface area (Å²) in [7, 11) is 0. The lowest BCUT2D eigenvalue weighted by Crippen LogP contribution is -2.26. The van der Waals surface area contributed by atoms with Crippen molar-refractivity contribution in [3.8, 4) is 0 Å². The first-order chi connectivity index (χ1) is 12.2. The van der Waals surface area contributed by atoms with Gasteiger partial charge in [0, 0.05) is 5.75 Å². The van der Waals surface area contributed by atoms with Gasteiger partial charge in [-0.1, -0.05) is 91.0 Å². The minimum absolute atomic E-state index is 0.138. The number of benzene rings is 3. The van der Waals surface area contributed by atoms with Crippen LogP contribution < -0.4 is 0 Å². The number of carbonyl (C=O) groups is 1. The van der Waals surface area contributed by atoms with Crippen molar-refractivity contribution in [3.63, 3.8) is 0 Å². The van der Waals surface area contributed by atoms with Gasteiger partial charge in [-0.25, -0.2) is 0 Å². The lowest BCUT2D eigenvalue weighted by Gasteiger charge is -2.35. The van der Waals surface area contributed by atoms with E-state index in [1.54, 1.807) is 11.8 Å². The fourth-order valence-corrected chi connectivity index (χ4v) is 4.55. The van der Waals surface area contributed by atoms with Crippen molar-refractivity contribution in [1.82, 2.24) is 0 Å². The standard InChI is InChI=1S/C22H20O2S/c23-21(24)16-17-25-22(18-10-4-1-5-11-18,19-12-6-2-7-13-19)20-14-8-3-9-15-20/h1-15H,16-17H2,(H,23,24). The summed E-state index contributed by atoms with van der Waals surface area (Å²) < 4.78 is -0.431. The van der Waals surface area contributed by atoms with E-state index in [0.717, 1.165) is 16.7 Å². The second-order valence-corrected chi connectivity index (χ2v) is 7.08. The zero-order valence-corrected chi connectivity index (χ0v) is 14.7. The second kappa shape index (κ2) is 8.04. The summed E-state index contributed by atoms with van der Waals surface area (Å²) in [5.74, 6) is -0.232. The molecule has 0 atom stereocenters. The Morgan fingerprint density at radius 3 is 1.40 bits per heavy atom. The van der Waals surface area contributed by atoms with Crippen LogP contribution in [0.15, 0.2) is 91.0 Å². The molecule has 0 aromatic heterocycles. The summed E-state index contributed by atoms with van der Waals surface area (Å²) in [4.78, 5) is 11.1. The van der Waals surface area contributed by atoms with Crippen LogP contribution in [0.4, 0.5) is 0 Å². The van der Waals surface area contributed by atoms with Gasteiger partial charge in [-0.2, -0.15) is 0 Å². The maximum absolute atomic E-state index is 11.1. The summed E-state index contributed by atoms with van der Waals surface area (Å²) in [6.07, 6.45) is 0.138. The van der Waals surface area contributed by atoms with Crippen molar-refractivity contribution in [2.45, 2.75) is 11.2 Å². The number of carboxylic acid groups (broad SMARTS) is 1. The maximum atomic E-state index is 11.1. The van der Waals surface area contributed by atoms with Gasteiger partial charge in [0.25, 0.3) is 0 Å². The fourth-order valence-electron chi connectivity index (χ4n) is 3.06. The summed E-state index contributed by atoms with van der Waals surface area (Å²) >= 11 is 1.68. The summed E-state index contributed by atoms with van der Waals surface area (Å²) in [6.45, 7) is 0. The summed E-state index contributed by atoms with van der Waals surface area (Å²) in [6, 6.07) is 30.9. The molecule has 3 rings (SSSR count). The monoisotopic (exact) mass is 348 g/mol. The van der Waals surface area contributed by atoms with Gasteiger partial charge < -0.3 is 5.11 Å². The van der Waals surface area contributed by atoms with Crippen molar-refractivity contribution >= 4 is 17.7 Å². The van der Waals surface area contributed by atoms with Crippen LogP contribution in [-0.4, -0.2) is 16.8 Å². The Hall–Kier alpha value is -2.52. The van der Waals surface area contributed by atoms with Crippen LogP contribution in [0, 0.1) is 0 Å². The highest BCUT2D eigenvalue weighted by molar-refractivity contribution is 8.00. The number of hydrogen-bond donors (Lipinski definition) is 1. The highest BCUT2D eigenvalue weighted by atomic mass is 32.2. The molecule has 25 heavy (non-hydrogen) atoms. The summed E-state index contributed by atoms with van der Waals surface area (Å²) in [5, 5.41) is 9.11. The van der Waals surface area contributed by atoms with Crippen LogP contribution in [0.2, 0.25) is 0 Å². The minimum atomic E-state index is -0.768. The number of carboxylic acids is 1. The molecule has 2 nitrogen and oxygen atoms in total. The molecule has 3 heteroatoms. The molecular formula is C22H20O2S. The minimum Gasteiger partial charge on any atom is -0.481 e. The van der Waals surface area contributed by atoms with Crippen LogP contribution in [0.1, 0.15) is 23.1 Å². The predicted octanol–water partition coefficient (Wildman–Crippen LogP) is 5.19. The first-order valence-electron chi connectivity index (χ1n) is 8.26. The third-order valence-corrected chi connectivity index (χ3v) is 5.72.